The summed E-state index contributed by atoms with van der Waals surface area (Å²) >= 11 is 0. The third kappa shape index (κ3) is 2.91. The van der Waals surface area contributed by atoms with Gasteiger partial charge in [-0.15, -0.1) is 0 Å². The minimum atomic E-state index is -0.721. The number of hydrogen-bond donors (Lipinski definition) is 0. The summed E-state index contributed by atoms with van der Waals surface area (Å²) in [5, 5.41) is 1.37. The zero-order valence-electron chi connectivity index (χ0n) is 13.8. The van der Waals surface area contributed by atoms with E-state index in [9.17, 15) is 9.59 Å². The van der Waals surface area contributed by atoms with Gasteiger partial charge in [0, 0.05) is 12.2 Å². The molecular formula is C18H18N2O5. The van der Waals surface area contributed by atoms with E-state index in [2.05, 4.69) is 18.0 Å². The Morgan fingerprint density at radius 2 is 2.08 bits per heavy atom. The van der Waals surface area contributed by atoms with Crippen molar-refractivity contribution in [3.63, 3.8) is 0 Å². The Morgan fingerprint density at radius 3 is 2.92 bits per heavy atom. The Labute approximate surface area is 144 Å². The molecule has 0 N–H and O–H groups in total. The van der Waals surface area contributed by atoms with Crippen LogP contribution < -0.4 is 0 Å². The highest BCUT2D eigenvalue weighted by Crippen LogP contribution is 2.34. The minimum absolute atomic E-state index is 0.164. The molecule has 1 aromatic rings. The number of carbonyl (C=O) groups excluding carboxylic acids is 2. The molecule has 2 atom stereocenters. The van der Waals surface area contributed by atoms with Crippen LogP contribution in [0.4, 0.5) is 0 Å². The zero-order valence-corrected chi connectivity index (χ0v) is 13.8. The van der Waals surface area contributed by atoms with Crippen molar-refractivity contribution in [1.29, 1.82) is 0 Å². The second-order valence-electron chi connectivity index (χ2n) is 6.02. The number of nitrogens with zero attached hydrogens (tertiary/aromatic N) is 2. The number of hydrogen-bond acceptors (Lipinski definition) is 7. The fourth-order valence-electron chi connectivity index (χ4n) is 3.40. The van der Waals surface area contributed by atoms with Crippen molar-refractivity contribution in [1.82, 2.24) is 5.06 Å². The zero-order chi connectivity index (χ0) is 17.4. The van der Waals surface area contributed by atoms with Crippen molar-refractivity contribution in [2.75, 3.05) is 13.2 Å². The van der Waals surface area contributed by atoms with Gasteiger partial charge in [-0.3, -0.25) is 0 Å². The number of aliphatic imine (C=N–C) groups is 1. The van der Waals surface area contributed by atoms with Crippen LogP contribution in [-0.2, 0) is 36.7 Å². The van der Waals surface area contributed by atoms with E-state index in [1.54, 1.807) is 0 Å². The lowest BCUT2D eigenvalue weighted by Crippen LogP contribution is -2.37. The number of fused-ring (bicyclic) bond motifs is 3. The van der Waals surface area contributed by atoms with E-state index in [4.69, 9.17) is 14.3 Å². The smallest absolute Gasteiger partial charge is 0.356 e. The number of aryl methyl sites for hydroxylation is 1. The number of esters is 1. The molecule has 0 spiro atoms. The number of benzene rings is 1. The summed E-state index contributed by atoms with van der Waals surface area (Å²) in [6.45, 7) is 2.84. The van der Waals surface area contributed by atoms with E-state index in [0.29, 0.717) is 12.4 Å². The molecule has 2 bridgehead atoms. The topological polar surface area (TPSA) is 77.4 Å². The first kappa shape index (κ1) is 15.8. The van der Waals surface area contributed by atoms with Crippen molar-refractivity contribution in [3.8, 4) is 0 Å². The third-order valence-corrected chi connectivity index (χ3v) is 4.51. The van der Waals surface area contributed by atoms with Gasteiger partial charge in [0.1, 0.15) is 12.6 Å². The summed E-state index contributed by atoms with van der Waals surface area (Å²) in [4.78, 5) is 33.2. The van der Waals surface area contributed by atoms with Crippen LogP contribution in [0.5, 0.6) is 0 Å². The molecule has 3 aliphatic rings. The van der Waals surface area contributed by atoms with Gasteiger partial charge in [0.25, 0.3) is 0 Å². The molecular weight excluding hydrogens is 324 g/mol. The maximum Gasteiger partial charge on any atom is 0.356 e. The van der Waals surface area contributed by atoms with E-state index in [1.165, 1.54) is 16.2 Å². The predicted molar refractivity (Wildman–Crippen MR) is 87.5 cm³/mol. The van der Waals surface area contributed by atoms with Gasteiger partial charge < -0.3 is 14.3 Å². The molecule has 2 unspecified atom stereocenters. The van der Waals surface area contributed by atoms with Gasteiger partial charge in [-0.1, -0.05) is 25.1 Å². The number of hydroxylamine groups is 2. The minimum Gasteiger partial charge on any atom is -0.434 e. The molecule has 0 saturated carbocycles. The van der Waals surface area contributed by atoms with Crippen molar-refractivity contribution in [3.05, 3.63) is 47.0 Å². The first-order valence-electron chi connectivity index (χ1n) is 8.34. The molecule has 0 radical (unpaired) electrons. The second kappa shape index (κ2) is 6.33. The van der Waals surface area contributed by atoms with Crippen molar-refractivity contribution in [2.24, 2.45) is 4.99 Å². The number of rotatable bonds is 2. The summed E-state index contributed by atoms with van der Waals surface area (Å²) in [5.41, 5.74) is 3.55. The molecule has 0 saturated heterocycles. The first-order valence-corrected chi connectivity index (χ1v) is 8.34. The van der Waals surface area contributed by atoms with Crippen LogP contribution in [0.3, 0.4) is 0 Å². The Balaban J connectivity index is 1.71. The maximum absolute atomic E-state index is 11.8. The maximum atomic E-state index is 11.8. The molecule has 0 aromatic heterocycles. The predicted octanol–water partition coefficient (Wildman–Crippen LogP) is 1.47. The Morgan fingerprint density at radius 1 is 1.24 bits per heavy atom. The fraction of sp³-hybridized carbons (Fsp3) is 0.389. The first-order chi connectivity index (χ1) is 12.2. The van der Waals surface area contributed by atoms with Gasteiger partial charge in [0.15, 0.2) is 5.84 Å². The molecule has 130 valence electrons. The summed E-state index contributed by atoms with van der Waals surface area (Å²) in [6.07, 6.45) is 2.69. The molecule has 3 heterocycles. The number of carbonyl (C=O) groups is 2. The van der Waals surface area contributed by atoms with Crippen molar-refractivity contribution in [2.45, 2.75) is 32.1 Å². The largest absolute Gasteiger partial charge is 0.434 e. The third-order valence-electron chi connectivity index (χ3n) is 4.51. The van der Waals surface area contributed by atoms with Crippen molar-refractivity contribution >= 4 is 17.8 Å². The lowest BCUT2D eigenvalue weighted by molar-refractivity contribution is -0.169. The van der Waals surface area contributed by atoms with Crippen LogP contribution in [0.1, 0.15) is 29.7 Å². The fourth-order valence-corrected chi connectivity index (χ4v) is 3.40. The van der Waals surface area contributed by atoms with E-state index in [1.807, 2.05) is 12.1 Å². The van der Waals surface area contributed by atoms with E-state index >= 15 is 0 Å². The summed E-state index contributed by atoms with van der Waals surface area (Å²) in [7, 11) is 0. The molecule has 1 aromatic carbocycles. The Bertz CT molecular complexity index is 786. The van der Waals surface area contributed by atoms with Crippen LogP contribution in [0.2, 0.25) is 0 Å². The lowest BCUT2D eigenvalue weighted by atomic mass is 9.91. The van der Waals surface area contributed by atoms with Gasteiger partial charge in [-0.2, -0.15) is 5.06 Å². The Kier molecular flexibility index (Phi) is 4.01. The molecule has 25 heavy (non-hydrogen) atoms. The standard InChI is InChI=1S/C18H18N2O5/c1-2-11-4-3-5-13-12(11)8-9-23-17(13)18-19-14-10-20(18)25-16(22)7-6-15(21)24-14/h3-7,14,17H,2,8-10H2,1H3/b7-6+. The highest BCUT2D eigenvalue weighted by atomic mass is 16.7. The summed E-state index contributed by atoms with van der Waals surface area (Å²) < 4.78 is 11.2. The quantitative estimate of drug-likeness (QED) is 0.758. The normalized spacial score (nSPS) is 26.6. The van der Waals surface area contributed by atoms with Crippen LogP contribution in [0.15, 0.2) is 35.3 Å². The molecule has 0 aliphatic carbocycles. The molecule has 4 rings (SSSR count). The summed E-state index contributed by atoms with van der Waals surface area (Å²) in [5.74, 6) is -0.812. The van der Waals surface area contributed by atoms with Gasteiger partial charge >= 0.3 is 11.9 Å². The van der Waals surface area contributed by atoms with Gasteiger partial charge in [-0.05, 0) is 29.5 Å². The molecule has 3 aliphatic heterocycles. The highest BCUT2D eigenvalue weighted by molar-refractivity contribution is 5.95. The van der Waals surface area contributed by atoms with Crippen LogP contribution >= 0.6 is 0 Å². The molecule has 0 amide bonds. The average molecular weight is 342 g/mol. The van der Waals surface area contributed by atoms with Crippen molar-refractivity contribution < 1.29 is 23.9 Å². The Hall–Kier alpha value is -2.67. The van der Waals surface area contributed by atoms with E-state index < -0.39 is 24.3 Å². The number of amidine groups is 1. The molecule has 0 fully saturated rings. The molecule has 7 nitrogen and oxygen atoms in total. The van der Waals surface area contributed by atoms with E-state index in [-0.39, 0.29) is 6.54 Å². The monoisotopic (exact) mass is 342 g/mol. The van der Waals surface area contributed by atoms with E-state index in [0.717, 1.165) is 30.6 Å². The lowest BCUT2D eigenvalue weighted by Gasteiger charge is -2.30. The molecule has 7 heteroatoms. The van der Waals surface area contributed by atoms with Crippen LogP contribution in [-0.4, -0.2) is 42.2 Å². The van der Waals surface area contributed by atoms with Gasteiger partial charge in [0.05, 0.1) is 6.61 Å². The summed E-state index contributed by atoms with van der Waals surface area (Å²) in [6, 6.07) is 6.11. The highest BCUT2D eigenvalue weighted by Gasteiger charge is 2.39. The SMILES string of the molecule is CCc1cccc2c1CCOC2C1=NC2CN1OC(=O)/C=C/C(=O)O2. The van der Waals surface area contributed by atoms with Gasteiger partial charge in [-0.25, -0.2) is 14.6 Å². The average Bonchev–Trinajstić information content (AvgIpc) is 3.02. The van der Waals surface area contributed by atoms with Crippen LogP contribution in [0.25, 0.3) is 0 Å². The van der Waals surface area contributed by atoms with Crippen LogP contribution in [0, 0.1) is 0 Å². The second-order valence-corrected chi connectivity index (χ2v) is 6.02. The van der Waals surface area contributed by atoms with Gasteiger partial charge in [0.2, 0.25) is 6.23 Å². The number of ether oxygens (including phenoxy) is 2.